The van der Waals surface area contributed by atoms with Gasteiger partial charge in [0.15, 0.2) is 0 Å². The first-order valence-electron chi connectivity index (χ1n) is 29.7. The van der Waals surface area contributed by atoms with E-state index in [0.717, 1.165) is 64.2 Å². The predicted octanol–water partition coefficient (Wildman–Crippen LogP) is 17.8. The Morgan fingerprint density at radius 1 is 0.493 bits per heavy atom. The summed E-state index contributed by atoms with van der Waals surface area (Å²) in [6, 6.07) is -0.843. The van der Waals surface area contributed by atoms with E-state index in [2.05, 4.69) is 38.2 Å². The van der Waals surface area contributed by atoms with Crippen LogP contribution in [-0.4, -0.2) is 74.3 Å². The number of carbonyl (C=O) groups excluding carboxylic acids is 2. The van der Waals surface area contributed by atoms with E-state index in [-0.39, 0.29) is 25.1 Å². The lowest BCUT2D eigenvalue weighted by atomic mass is 10.0. The molecule has 0 fully saturated rings. The SMILES string of the molecule is CCCCCC/C=C\CCCCCCCCCC(=O)NC(COP(=O)(O)OCC[N+](C)(C)C)C(/C=C/CCCCCCCCCCC)OC(=O)CCCCCCCCCCCCCCCCCCC. The van der Waals surface area contributed by atoms with Crippen molar-refractivity contribution in [3.8, 4) is 0 Å². The molecule has 3 atom stereocenters. The highest BCUT2D eigenvalue weighted by Gasteiger charge is 2.30. The van der Waals surface area contributed by atoms with E-state index in [1.165, 1.54) is 193 Å². The van der Waals surface area contributed by atoms with Gasteiger partial charge in [-0.15, -0.1) is 0 Å². The zero-order chi connectivity index (χ0) is 50.8. The first-order valence-corrected chi connectivity index (χ1v) is 31.2. The third-order valence-corrected chi connectivity index (χ3v) is 14.4. The summed E-state index contributed by atoms with van der Waals surface area (Å²) in [5.41, 5.74) is 0. The summed E-state index contributed by atoms with van der Waals surface area (Å²) in [5, 5.41) is 3.05. The van der Waals surface area contributed by atoms with Gasteiger partial charge in [-0.2, -0.15) is 0 Å². The van der Waals surface area contributed by atoms with Gasteiger partial charge in [-0.05, 0) is 57.4 Å². The number of nitrogens with zero attached hydrogens (tertiary/aromatic N) is 1. The number of hydrogen-bond donors (Lipinski definition) is 2. The maximum Gasteiger partial charge on any atom is 0.472 e. The fraction of sp³-hybridized carbons (Fsp3) is 0.898. The summed E-state index contributed by atoms with van der Waals surface area (Å²) in [7, 11) is 1.51. The van der Waals surface area contributed by atoms with Gasteiger partial charge < -0.3 is 19.4 Å². The molecule has 0 saturated heterocycles. The lowest BCUT2D eigenvalue weighted by Crippen LogP contribution is -2.47. The quantitative estimate of drug-likeness (QED) is 0.0205. The molecular formula is C59H116N2O7P+. The Bertz CT molecular complexity index is 1240. The van der Waals surface area contributed by atoms with Crippen LogP contribution in [0.5, 0.6) is 0 Å². The van der Waals surface area contributed by atoms with Gasteiger partial charge in [-0.3, -0.25) is 18.6 Å². The third-order valence-electron chi connectivity index (χ3n) is 13.4. The second-order valence-electron chi connectivity index (χ2n) is 21.5. The number of hydrogen-bond acceptors (Lipinski definition) is 6. The van der Waals surface area contributed by atoms with Crippen LogP contribution in [0.1, 0.15) is 290 Å². The van der Waals surface area contributed by atoms with Gasteiger partial charge >= 0.3 is 13.8 Å². The lowest BCUT2D eigenvalue weighted by Gasteiger charge is -2.27. The van der Waals surface area contributed by atoms with Crippen LogP contribution >= 0.6 is 7.82 Å². The fourth-order valence-corrected chi connectivity index (χ4v) is 9.50. The molecule has 9 nitrogen and oxygen atoms in total. The molecule has 2 N–H and O–H groups in total. The van der Waals surface area contributed by atoms with E-state index in [1.807, 2.05) is 33.3 Å². The Morgan fingerprint density at radius 2 is 0.841 bits per heavy atom. The molecule has 0 heterocycles. The van der Waals surface area contributed by atoms with Gasteiger partial charge in [0.05, 0.1) is 33.8 Å². The maximum absolute atomic E-state index is 13.5. The first-order chi connectivity index (χ1) is 33.4. The first kappa shape index (κ1) is 67.5. The van der Waals surface area contributed by atoms with Crippen molar-refractivity contribution in [2.45, 2.75) is 303 Å². The van der Waals surface area contributed by atoms with Crippen LogP contribution in [0.4, 0.5) is 0 Å². The summed E-state index contributed by atoms with van der Waals surface area (Å²) in [6.07, 6.45) is 57.4. The van der Waals surface area contributed by atoms with Crippen molar-refractivity contribution in [3.05, 3.63) is 24.3 Å². The molecule has 0 aliphatic heterocycles. The van der Waals surface area contributed by atoms with E-state index in [9.17, 15) is 19.0 Å². The van der Waals surface area contributed by atoms with Crippen molar-refractivity contribution < 1.29 is 37.3 Å². The van der Waals surface area contributed by atoms with Crippen molar-refractivity contribution in [1.82, 2.24) is 5.32 Å². The number of phosphoric ester groups is 1. The molecule has 408 valence electrons. The van der Waals surface area contributed by atoms with Crippen LogP contribution in [0.25, 0.3) is 0 Å². The minimum Gasteiger partial charge on any atom is -0.456 e. The molecule has 1 amide bonds. The number of amides is 1. The molecule has 0 aliphatic carbocycles. The molecule has 0 radical (unpaired) electrons. The number of phosphoric acid groups is 1. The van der Waals surface area contributed by atoms with Crippen LogP contribution in [0.15, 0.2) is 24.3 Å². The Kier molecular flexibility index (Phi) is 48.9. The predicted molar refractivity (Wildman–Crippen MR) is 296 cm³/mol. The molecular weight excluding hydrogens is 880 g/mol. The molecule has 10 heteroatoms. The second-order valence-corrected chi connectivity index (χ2v) is 23.0. The topological polar surface area (TPSA) is 111 Å². The lowest BCUT2D eigenvalue weighted by molar-refractivity contribution is -0.870. The summed E-state index contributed by atoms with van der Waals surface area (Å²) < 4.78 is 30.6. The number of quaternary nitrogens is 1. The van der Waals surface area contributed by atoms with Gasteiger partial charge in [-0.25, -0.2) is 4.57 Å². The molecule has 0 spiro atoms. The standard InChI is InChI=1S/C59H115N2O7P/c1-7-10-13-16-19-22-25-27-29-30-32-34-37-40-43-46-49-52-59(63)68-57(50-47-44-41-38-35-24-21-18-15-12-9-3)56(55-67-69(64,65)66-54-53-61(4,5)6)60-58(62)51-48-45-42-39-36-33-31-28-26-23-20-17-14-11-8-2/h23,26,47,50,56-57H,7-22,24-25,27-46,48-49,51-55H2,1-6H3,(H-,60,62,64,65)/p+1/b26-23-,50-47+. The fourth-order valence-electron chi connectivity index (χ4n) is 8.76. The Balaban J connectivity index is 5.26. The van der Waals surface area contributed by atoms with Crippen molar-refractivity contribution >= 4 is 19.7 Å². The minimum atomic E-state index is -4.44. The van der Waals surface area contributed by atoms with Gasteiger partial charge in [0, 0.05) is 12.8 Å². The molecule has 0 aromatic heterocycles. The van der Waals surface area contributed by atoms with Crippen molar-refractivity contribution in [1.29, 1.82) is 0 Å². The number of allylic oxidation sites excluding steroid dienone is 3. The summed E-state index contributed by atoms with van der Waals surface area (Å²) in [5.74, 6) is -0.497. The van der Waals surface area contributed by atoms with Crippen LogP contribution in [0.2, 0.25) is 0 Å². The van der Waals surface area contributed by atoms with E-state index in [1.54, 1.807) is 0 Å². The van der Waals surface area contributed by atoms with Gasteiger partial charge in [0.2, 0.25) is 5.91 Å². The third kappa shape index (κ3) is 51.2. The number of likely N-dealkylation sites (N-methyl/N-ethyl adjacent to an activating group) is 1. The highest BCUT2D eigenvalue weighted by atomic mass is 31.2. The number of esters is 1. The number of ether oxygens (including phenoxy) is 1. The molecule has 0 aliphatic rings. The summed E-state index contributed by atoms with van der Waals surface area (Å²) >= 11 is 0. The van der Waals surface area contributed by atoms with Crippen LogP contribution in [-0.2, 0) is 27.9 Å². The van der Waals surface area contributed by atoms with Crippen molar-refractivity contribution in [2.24, 2.45) is 0 Å². The molecule has 3 unspecified atom stereocenters. The van der Waals surface area contributed by atoms with E-state index in [0.29, 0.717) is 23.9 Å². The minimum absolute atomic E-state index is 0.0426. The Labute approximate surface area is 428 Å². The average Bonchev–Trinajstić information content (AvgIpc) is 3.31. The van der Waals surface area contributed by atoms with Crippen LogP contribution in [0.3, 0.4) is 0 Å². The molecule has 0 aromatic rings. The van der Waals surface area contributed by atoms with Crippen LogP contribution < -0.4 is 5.32 Å². The van der Waals surface area contributed by atoms with E-state index >= 15 is 0 Å². The molecule has 0 rings (SSSR count). The van der Waals surface area contributed by atoms with Gasteiger partial charge in [0.25, 0.3) is 0 Å². The Morgan fingerprint density at radius 3 is 1.25 bits per heavy atom. The maximum atomic E-state index is 13.5. The number of carbonyl (C=O) groups is 2. The normalized spacial score (nSPS) is 13.9. The van der Waals surface area contributed by atoms with Gasteiger partial charge in [0.1, 0.15) is 19.3 Å². The smallest absolute Gasteiger partial charge is 0.456 e. The highest BCUT2D eigenvalue weighted by molar-refractivity contribution is 7.47. The van der Waals surface area contributed by atoms with E-state index in [4.69, 9.17) is 13.8 Å². The van der Waals surface area contributed by atoms with E-state index < -0.39 is 20.0 Å². The monoisotopic (exact) mass is 996 g/mol. The number of nitrogens with one attached hydrogen (secondary N) is 1. The zero-order valence-corrected chi connectivity index (χ0v) is 47.5. The zero-order valence-electron chi connectivity index (χ0n) is 46.6. The Hall–Kier alpha value is -1.51. The molecule has 0 aromatic carbocycles. The highest BCUT2D eigenvalue weighted by Crippen LogP contribution is 2.43. The van der Waals surface area contributed by atoms with Crippen molar-refractivity contribution in [3.63, 3.8) is 0 Å². The number of rotatable bonds is 54. The van der Waals surface area contributed by atoms with Gasteiger partial charge in [-0.1, -0.05) is 244 Å². The molecule has 0 bridgehead atoms. The summed E-state index contributed by atoms with van der Waals surface area (Å²) in [4.78, 5) is 37.6. The number of unbranched alkanes of at least 4 members (excludes halogenated alkanes) is 36. The van der Waals surface area contributed by atoms with Crippen LogP contribution in [0, 0.1) is 0 Å². The second kappa shape index (κ2) is 50.0. The average molecular weight is 997 g/mol. The molecule has 69 heavy (non-hydrogen) atoms. The summed E-state index contributed by atoms with van der Waals surface area (Å²) in [6.45, 7) is 7.02. The molecule has 0 saturated carbocycles. The largest absolute Gasteiger partial charge is 0.472 e. The van der Waals surface area contributed by atoms with Crippen molar-refractivity contribution in [2.75, 3.05) is 40.9 Å².